The van der Waals surface area contributed by atoms with Gasteiger partial charge in [-0.1, -0.05) is 0 Å². The molecule has 2 saturated heterocycles. The lowest BCUT2D eigenvalue weighted by atomic mass is 9.77. The van der Waals surface area contributed by atoms with Crippen molar-refractivity contribution in [3.63, 3.8) is 0 Å². The number of rotatable bonds is 5. The fraction of sp³-hybridized carbons (Fsp3) is 0.524. The van der Waals surface area contributed by atoms with Gasteiger partial charge < -0.3 is 4.98 Å². The largest absolute Gasteiger partial charge is 0.346 e. The molecule has 5 heterocycles. The summed E-state index contributed by atoms with van der Waals surface area (Å²) < 4.78 is 27.1. The highest BCUT2D eigenvalue weighted by atomic mass is 32.2. The summed E-state index contributed by atoms with van der Waals surface area (Å²) in [6, 6.07) is 4.70. The number of aromatic amines is 1. The van der Waals surface area contributed by atoms with Gasteiger partial charge in [-0.15, -0.1) is 0 Å². The van der Waals surface area contributed by atoms with Crippen LogP contribution in [-0.4, -0.2) is 80.8 Å². The summed E-state index contributed by atoms with van der Waals surface area (Å²) in [6.07, 6.45) is 10.0. The molecule has 10 nitrogen and oxygen atoms in total. The molecule has 168 valence electrons. The normalized spacial score (nSPS) is 21.3. The van der Waals surface area contributed by atoms with Crippen LogP contribution in [0.1, 0.15) is 19.8 Å². The smallest absolute Gasteiger partial charge is 0.211 e. The molecule has 0 radical (unpaired) electrons. The summed E-state index contributed by atoms with van der Waals surface area (Å²) in [7, 11) is -3.14. The number of nitriles is 1. The molecular weight excluding hydrogens is 428 g/mol. The van der Waals surface area contributed by atoms with E-state index in [1.165, 1.54) is 12.6 Å². The van der Waals surface area contributed by atoms with E-state index < -0.39 is 15.6 Å². The quantitative estimate of drug-likeness (QED) is 0.618. The topological polar surface area (TPSA) is 124 Å². The van der Waals surface area contributed by atoms with Gasteiger partial charge in [0.25, 0.3) is 0 Å². The Bertz CT molecular complexity index is 1280. The minimum atomic E-state index is -3.14. The maximum Gasteiger partial charge on any atom is 0.211 e. The molecule has 2 aliphatic heterocycles. The number of aromatic nitrogens is 5. The van der Waals surface area contributed by atoms with Crippen molar-refractivity contribution in [3.05, 3.63) is 31.0 Å². The third kappa shape index (κ3) is 3.39. The predicted molar refractivity (Wildman–Crippen MR) is 119 cm³/mol. The van der Waals surface area contributed by atoms with Crippen LogP contribution in [0, 0.1) is 17.2 Å². The van der Waals surface area contributed by atoms with E-state index >= 15 is 0 Å². The maximum atomic E-state index is 11.8. The van der Waals surface area contributed by atoms with E-state index in [9.17, 15) is 13.7 Å². The molecule has 3 aromatic rings. The van der Waals surface area contributed by atoms with Gasteiger partial charge >= 0.3 is 0 Å². The number of sulfonamides is 1. The molecule has 0 bridgehead atoms. The van der Waals surface area contributed by atoms with Gasteiger partial charge in [0, 0.05) is 55.6 Å². The third-order valence-corrected chi connectivity index (χ3v) is 8.33. The standard InChI is InChI=1S/C21H26N8O2S/c1-15(9-22)21(12-27(13-21)17-4-7-28(8-5-17)32(2,30)31)29-11-16(10-26-29)19-18-3-6-23-20(18)25-14-24-19/h3,6,10-11,14-15,17H,4-5,7-8,12-13H2,1-2H3,(H,23,24,25). The molecule has 1 unspecified atom stereocenters. The first-order valence-corrected chi connectivity index (χ1v) is 12.6. The zero-order valence-corrected chi connectivity index (χ0v) is 19.0. The van der Waals surface area contributed by atoms with E-state index in [4.69, 9.17) is 0 Å². The number of piperidine rings is 1. The van der Waals surface area contributed by atoms with Crippen molar-refractivity contribution in [2.75, 3.05) is 32.4 Å². The van der Waals surface area contributed by atoms with E-state index in [1.54, 1.807) is 10.5 Å². The lowest BCUT2D eigenvalue weighted by Gasteiger charge is -2.55. The Kier molecular flexibility index (Phi) is 5.03. The van der Waals surface area contributed by atoms with Crippen molar-refractivity contribution in [1.82, 2.24) is 33.9 Å². The third-order valence-electron chi connectivity index (χ3n) is 7.03. The van der Waals surface area contributed by atoms with Crippen LogP contribution in [0.4, 0.5) is 0 Å². The maximum absolute atomic E-state index is 11.8. The average molecular weight is 455 g/mol. The van der Waals surface area contributed by atoms with Gasteiger partial charge in [-0.3, -0.25) is 9.58 Å². The fourth-order valence-corrected chi connectivity index (χ4v) is 5.86. The van der Waals surface area contributed by atoms with Gasteiger partial charge in [0.05, 0.1) is 30.1 Å². The first kappa shape index (κ1) is 21.1. The summed E-state index contributed by atoms with van der Waals surface area (Å²) in [5.41, 5.74) is 2.07. The number of nitrogens with one attached hydrogen (secondary N) is 1. The number of likely N-dealkylation sites (tertiary alicyclic amines) is 1. The second-order valence-electron chi connectivity index (χ2n) is 8.89. The molecule has 1 N–H and O–H groups in total. The zero-order chi connectivity index (χ0) is 22.5. The zero-order valence-electron chi connectivity index (χ0n) is 18.1. The molecule has 0 amide bonds. The van der Waals surface area contributed by atoms with Crippen LogP contribution < -0.4 is 0 Å². The van der Waals surface area contributed by atoms with Crippen LogP contribution in [0.15, 0.2) is 31.0 Å². The highest BCUT2D eigenvalue weighted by Gasteiger charge is 2.52. The molecule has 0 saturated carbocycles. The lowest BCUT2D eigenvalue weighted by Crippen LogP contribution is -2.68. The number of fused-ring (bicyclic) bond motifs is 1. The summed E-state index contributed by atoms with van der Waals surface area (Å²) >= 11 is 0. The van der Waals surface area contributed by atoms with Crippen molar-refractivity contribution in [1.29, 1.82) is 5.26 Å². The molecule has 0 aliphatic carbocycles. The van der Waals surface area contributed by atoms with E-state index in [0.29, 0.717) is 19.1 Å². The van der Waals surface area contributed by atoms with Gasteiger partial charge in [-0.05, 0) is 25.8 Å². The molecule has 2 aliphatic rings. The Morgan fingerprint density at radius 3 is 2.72 bits per heavy atom. The van der Waals surface area contributed by atoms with Gasteiger partial charge in [0.15, 0.2) is 0 Å². The molecule has 2 fully saturated rings. The van der Waals surface area contributed by atoms with Crippen molar-refractivity contribution in [2.45, 2.75) is 31.3 Å². The SMILES string of the molecule is CC(C#N)C1(n2cc(-c3ncnc4[nH]ccc34)cn2)CN(C2CCN(S(C)(=O)=O)CC2)C1. The lowest BCUT2D eigenvalue weighted by molar-refractivity contribution is -0.0596. The molecule has 1 atom stereocenters. The van der Waals surface area contributed by atoms with Crippen molar-refractivity contribution in [3.8, 4) is 17.3 Å². The van der Waals surface area contributed by atoms with E-state index in [-0.39, 0.29) is 5.92 Å². The van der Waals surface area contributed by atoms with Gasteiger partial charge in [0.1, 0.15) is 17.5 Å². The Labute approximate surface area is 186 Å². The van der Waals surface area contributed by atoms with Crippen LogP contribution in [0.2, 0.25) is 0 Å². The molecule has 5 rings (SSSR count). The highest BCUT2D eigenvalue weighted by molar-refractivity contribution is 7.88. The minimum Gasteiger partial charge on any atom is -0.346 e. The summed E-state index contributed by atoms with van der Waals surface area (Å²) in [5.74, 6) is -0.222. The minimum absolute atomic E-state index is 0.222. The summed E-state index contributed by atoms with van der Waals surface area (Å²) in [4.78, 5) is 14.2. The Balaban J connectivity index is 1.36. The number of hydrogen-bond acceptors (Lipinski definition) is 7. The summed E-state index contributed by atoms with van der Waals surface area (Å²) in [6.45, 7) is 4.48. The second kappa shape index (κ2) is 7.65. The second-order valence-corrected chi connectivity index (χ2v) is 10.9. The Morgan fingerprint density at radius 1 is 1.28 bits per heavy atom. The van der Waals surface area contributed by atoms with Crippen LogP contribution in [-0.2, 0) is 15.6 Å². The van der Waals surface area contributed by atoms with E-state index in [1.807, 2.05) is 30.1 Å². The highest BCUT2D eigenvalue weighted by Crippen LogP contribution is 2.40. The molecule has 0 spiro atoms. The first-order chi connectivity index (χ1) is 15.3. The van der Waals surface area contributed by atoms with Gasteiger partial charge in [-0.25, -0.2) is 22.7 Å². The first-order valence-electron chi connectivity index (χ1n) is 10.7. The average Bonchev–Trinajstić information content (AvgIpc) is 3.42. The monoisotopic (exact) mass is 454 g/mol. The van der Waals surface area contributed by atoms with Crippen molar-refractivity contribution < 1.29 is 8.42 Å². The molecule has 32 heavy (non-hydrogen) atoms. The molecule has 0 aromatic carbocycles. The van der Waals surface area contributed by atoms with Crippen molar-refractivity contribution in [2.24, 2.45) is 5.92 Å². The van der Waals surface area contributed by atoms with Crippen LogP contribution in [0.25, 0.3) is 22.3 Å². The molecule has 3 aromatic heterocycles. The van der Waals surface area contributed by atoms with Gasteiger partial charge in [-0.2, -0.15) is 10.4 Å². The predicted octanol–water partition coefficient (Wildman–Crippen LogP) is 1.42. The van der Waals surface area contributed by atoms with Crippen LogP contribution in [0.5, 0.6) is 0 Å². The van der Waals surface area contributed by atoms with Crippen LogP contribution >= 0.6 is 0 Å². The van der Waals surface area contributed by atoms with Crippen LogP contribution in [0.3, 0.4) is 0 Å². The van der Waals surface area contributed by atoms with E-state index in [0.717, 1.165) is 48.2 Å². The Morgan fingerprint density at radius 2 is 2.03 bits per heavy atom. The van der Waals surface area contributed by atoms with Crippen molar-refractivity contribution >= 4 is 21.1 Å². The van der Waals surface area contributed by atoms with Gasteiger partial charge in [0.2, 0.25) is 10.0 Å². The fourth-order valence-electron chi connectivity index (χ4n) is 4.98. The number of H-pyrrole nitrogens is 1. The number of hydrogen-bond donors (Lipinski definition) is 1. The summed E-state index contributed by atoms with van der Waals surface area (Å²) in [5, 5.41) is 15.3. The molecule has 11 heteroatoms. The number of nitrogens with zero attached hydrogens (tertiary/aromatic N) is 7. The van der Waals surface area contributed by atoms with E-state index in [2.05, 4.69) is 31.0 Å². The molecular formula is C21H26N8O2S. The Hall–Kier alpha value is -2.81.